The van der Waals surface area contributed by atoms with Gasteiger partial charge in [0.05, 0.1) is 0 Å². The number of aliphatic hydroxyl groups is 1. The Hall–Kier alpha value is -0.880. The Kier molecular flexibility index (Phi) is 2.61. The van der Waals surface area contributed by atoms with Gasteiger partial charge < -0.3 is 10.9 Å². The standard InChI is InChI=1S/C5H10N4OS/c6-9-4(2-1-3-10)7-8-5(9)11/h10H,1-3,6H2,(H,8,11). The number of H-pyrrole nitrogens is 1. The number of hydrogen-bond acceptors (Lipinski definition) is 4. The number of nitrogens with zero attached hydrogens (tertiary/aromatic N) is 2. The Morgan fingerprint density at radius 2 is 2.45 bits per heavy atom. The second-order valence-electron chi connectivity index (χ2n) is 2.14. The van der Waals surface area contributed by atoms with E-state index in [-0.39, 0.29) is 6.61 Å². The van der Waals surface area contributed by atoms with Gasteiger partial charge in [0.2, 0.25) is 4.77 Å². The van der Waals surface area contributed by atoms with Crippen molar-refractivity contribution in [1.29, 1.82) is 0 Å². The molecule has 5 nitrogen and oxygen atoms in total. The minimum atomic E-state index is 0.139. The fourth-order valence-corrected chi connectivity index (χ4v) is 0.902. The maximum atomic E-state index is 8.51. The van der Waals surface area contributed by atoms with E-state index in [0.29, 0.717) is 23.4 Å². The summed E-state index contributed by atoms with van der Waals surface area (Å²) in [5, 5.41) is 14.9. The SMILES string of the molecule is Nn1c(CCCO)n[nH]c1=S. The van der Waals surface area contributed by atoms with E-state index in [9.17, 15) is 0 Å². The maximum absolute atomic E-state index is 8.51. The molecule has 0 unspecified atom stereocenters. The molecule has 11 heavy (non-hydrogen) atoms. The van der Waals surface area contributed by atoms with E-state index in [1.54, 1.807) is 0 Å². The summed E-state index contributed by atoms with van der Waals surface area (Å²) in [6.07, 6.45) is 1.29. The van der Waals surface area contributed by atoms with Gasteiger partial charge in [-0.05, 0) is 18.6 Å². The summed E-state index contributed by atoms with van der Waals surface area (Å²) in [5.41, 5.74) is 0. The van der Waals surface area contributed by atoms with Crippen LogP contribution in [-0.4, -0.2) is 26.6 Å². The average molecular weight is 174 g/mol. The van der Waals surface area contributed by atoms with Crippen LogP contribution in [0.2, 0.25) is 0 Å². The fourth-order valence-electron chi connectivity index (χ4n) is 0.751. The molecule has 4 N–H and O–H groups in total. The number of nitrogen functional groups attached to an aromatic ring is 1. The smallest absolute Gasteiger partial charge is 0.214 e. The first kappa shape index (κ1) is 8.22. The molecule has 0 radical (unpaired) electrons. The van der Waals surface area contributed by atoms with Crippen molar-refractivity contribution >= 4 is 12.2 Å². The predicted octanol–water partition coefficient (Wildman–Crippen LogP) is -0.421. The van der Waals surface area contributed by atoms with Crippen LogP contribution in [0.5, 0.6) is 0 Å². The number of nitrogens with one attached hydrogen (secondary N) is 1. The van der Waals surface area contributed by atoms with E-state index < -0.39 is 0 Å². The third-order valence-corrected chi connectivity index (χ3v) is 1.62. The maximum Gasteiger partial charge on any atom is 0.214 e. The molecule has 0 bridgehead atoms. The lowest BCUT2D eigenvalue weighted by Crippen LogP contribution is -2.13. The quantitative estimate of drug-likeness (QED) is 0.429. The normalized spacial score (nSPS) is 10.3. The van der Waals surface area contributed by atoms with Crippen LogP contribution in [0.15, 0.2) is 0 Å². The summed E-state index contributed by atoms with van der Waals surface area (Å²) in [6, 6.07) is 0. The summed E-state index contributed by atoms with van der Waals surface area (Å²) >= 11 is 4.78. The Bertz CT molecular complexity index is 278. The van der Waals surface area contributed by atoms with E-state index >= 15 is 0 Å². The molecule has 0 aliphatic rings. The van der Waals surface area contributed by atoms with Gasteiger partial charge in [-0.15, -0.1) is 0 Å². The van der Waals surface area contributed by atoms with Crippen LogP contribution in [0, 0.1) is 4.77 Å². The summed E-state index contributed by atoms with van der Waals surface area (Å²) in [6.45, 7) is 0.139. The second-order valence-corrected chi connectivity index (χ2v) is 2.53. The van der Waals surface area contributed by atoms with Crippen molar-refractivity contribution in [3.8, 4) is 0 Å². The molecule has 1 rings (SSSR count). The molecule has 0 aliphatic heterocycles. The van der Waals surface area contributed by atoms with Crippen LogP contribution >= 0.6 is 12.2 Å². The van der Waals surface area contributed by atoms with E-state index in [0.717, 1.165) is 0 Å². The highest BCUT2D eigenvalue weighted by Crippen LogP contribution is 1.95. The molecule has 0 saturated carbocycles. The molecule has 1 aromatic rings. The Morgan fingerprint density at radius 1 is 1.73 bits per heavy atom. The van der Waals surface area contributed by atoms with Gasteiger partial charge >= 0.3 is 0 Å². The van der Waals surface area contributed by atoms with Gasteiger partial charge in [0.15, 0.2) is 5.82 Å². The van der Waals surface area contributed by atoms with E-state index in [1.165, 1.54) is 4.68 Å². The number of nitrogens with two attached hydrogens (primary N) is 1. The highest BCUT2D eigenvalue weighted by atomic mass is 32.1. The molecule has 0 spiro atoms. The summed E-state index contributed by atoms with van der Waals surface area (Å²) in [5.74, 6) is 6.15. The van der Waals surface area contributed by atoms with Crippen LogP contribution in [0.25, 0.3) is 0 Å². The lowest BCUT2D eigenvalue weighted by molar-refractivity contribution is 0.287. The minimum Gasteiger partial charge on any atom is -0.396 e. The number of aromatic amines is 1. The molecule has 6 heteroatoms. The average Bonchev–Trinajstić information content (AvgIpc) is 2.31. The Morgan fingerprint density at radius 3 is 2.91 bits per heavy atom. The van der Waals surface area contributed by atoms with Crippen LogP contribution in [0.1, 0.15) is 12.2 Å². The van der Waals surface area contributed by atoms with Crippen molar-refractivity contribution in [2.24, 2.45) is 0 Å². The lowest BCUT2D eigenvalue weighted by Gasteiger charge is -1.96. The van der Waals surface area contributed by atoms with Crippen LogP contribution < -0.4 is 5.84 Å². The summed E-state index contributed by atoms with van der Waals surface area (Å²) < 4.78 is 1.71. The summed E-state index contributed by atoms with van der Waals surface area (Å²) in [7, 11) is 0. The first-order valence-electron chi connectivity index (χ1n) is 3.28. The number of hydrogen-bond donors (Lipinski definition) is 3. The van der Waals surface area contributed by atoms with Crippen LogP contribution in [0.3, 0.4) is 0 Å². The minimum absolute atomic E-state index is 0.139. The van der Waals surface area contributed by atoms with Gasteiger partial charge in [-0.2, -0.15) is 5.10 Å². The highest BCUT2D eigenvalue weighted by molar-refractivity contribution is 7.71. The van der Waals surface area contributed by atoms with Gasteiger partial charge in [-0.1, -0.05) is 0 Å². The molecule has 1 heterocycles. The zero-order valence-electron chi connectivity index (χ0n) is 5.95. The van der Waals surface area contributed by atoms with Crippen molar-refractivity contribution < 1.29 is 5.11 Å². The molecule has 0 aliphatic carbocycles. The second kappa shape index (κ2) is 3.49. The Labute approximate surface area is 68.8 Å². The first-order chi connectivity index (χ1) is 5.25. The number of rotatable bonds is 3. The topological polar surface area (TPSA) is 79.9 Å². The number of aliphatic hydroxyl groups excluding tert-OH is 1. The van der Waals surface area contributed by atoms with Gasteiger partial charge in [-0.3, -0.25) is 5.10 Å². The molecular weight excluding hydrogens is 164 g/mol. The third-order valence-electron chi connectivity index (χ3n) is 1.34. The van der Waals surface area contributed by atoms with E-state index in [4.69, 9.17) is 23.2 Å². The van der Waals surface area contributed by atoms with E-state index in [2.05, 4.69) is 10.2 Å². The molecule has 0 aromatic carbocycles. The van der Waals surface area contributed by atoms with Gasteiger partial charge in [0.1, 0.15) is 0 Å². The molecule has 0 atom stereocenters. The summed E-state index contributed by atoms with van der Waals surface area (Å²) in [4.78, 5) is 0. The van der Waals surface area contributed by atoms with Crippen LogP contribution in [-0.2, 0) is 6.42 Å². The Balaban J connectivity index is 2.71. The molecule has 62 valence electrons. The lowest BCUT2D eigenvalue weighted by atomic mass is 10.3. The number of aromatic nitrogens is 3. The van der Waals surface area contributed by atoms with Gasteiger partial charge in [-0.25, -0.2) is 4.68 Å². The first-order valence-corrected chi connectivity index (χ1v) is 3.68. The molecule has 0 amide bonds. The van der Waals surface area contributed by atoms with Gasteiger partial charge in [0.25, 0.3) is 0 Å². The number of aryl methyl sites for hydroxylation is 1. The van der Waals surface area contributed by atoms with Crippen LogP contribution in [0.4, 0.5) is 0 Å². The highest BCUT2D eigenvalue weighted by Gasteiger charge is 2.00. The van der Waals surface area contributed by atoms with Crippen molar-refractivity contribution in [3.63, 3.8) is 0 Å². The molecule has 0 fully saturated rings. The predicted molar refractivity (Wildman–Crippen MR) is 43.0 cm³/mol. The van der Waals surface area contributed by atoms with Crippen molar-refractivity contribution in [1.82, 2.24) is 14.9 Å². The monoisotopic (exact) mass is 174 g/mol. The van der Waals surface area contributed by atoms with Gasteiger partial charge in [0, 0.05) is 13.0 Å². The molecular formula is C5H10N4OS. The third kappa shape index (κ3) is 1.78. The molecule has 1 aromatic heterocycles. The van der Waals surface area contributed by atoms with Crippen molar-refractivity contribution in [3.05, 3.63) is 10.6 Å². The van der Waals surface area contributed by atoms with Crippen molar-refractivity contribution in [2.45, 2.75) is 12.8 Å². The zero-order chi connectivity index (χ0) is 8.27. The van der Waals surface area contributed by atoms with Crippen molar-refractivity contribution in [2.75, 3.05) is 12.4 Å². The molecule has 0 saturated heterocycles. The largest absolute Gasteiger partial charge is 0.396 e. The zero-order valence-corrected chi connectivity index (χ0v) is 6.77. The fraction of sp³-hybridized carbons (Fsp3) is 0.600. The van der Waals surface area contributed by atoms with E-state index in [1.807, 2.05) is 0 Å².